The molecular weight excluding hydrogens is 194 g/mol. The number of rotatable bonds is 5. The van der Waals surface area contributed by atoms with Crippen LogP contribution in [-0.2, 0) is 0 Å². The fraction of sp³-hybridized carbons (Fsp3) is 1.00. The van der Waals surface area contributed by atoms with Crippen LogP contribution in [0.1, 0.15) is 65.7 Å². The first kappa shape index (κ1) is 12.4. The second-order valence-corrected chi connectivity index (χ2v) is 6.39. The van der Waals surface area contributed by atoms with Gasteiger partial charge in [0, 0.05) is 12.1 Å². The standard InChI is InChI=1S/C15H29N/c1-4-15(11(2)3)16-14-7-5-6-13(10-14)12-8-9-12/h11-16H,4-10H2,1-3H3. The van der Waals surface area contributed by atoms with Crippen molar-refractivity contribution in [2.45, 2.75) is 77.8 Å². The molecule has 0 aromatic carbocycles. The molecule has 0 aromatic heterocycles. The fourth-order valence-corrected chi connectivity index (χ4v) is 3.46. The predicted molar refractivity (Wildman–Crippen MR) is 70.5 cm³/mol. The lowest BCUT2D eigenvalue weighted by Gasteiger charge is -2.34. The lowest BCUT2D eigenvalue weighted by molar-refractivity contribution is 0.228. The summed E-state index contributed by atoms with van der Waals surface area (Å²) in [4.78, 5) is 0. The molecule has 3 unspecified atom stereocenters. The molecule has 0 bridgehead atoms. The average molecular weight is 223 g/mol. The van der Waals surface area contributed by atoms with Crippen LogP contribution >= 0.6 is 0 Å². The van der Waals surface area contributed by atoms with Crippen LogP contribution in [0.2, 0.25) is 0 Å². The molecule has 1 nitrogen and oxygen atoms in total. The molecule has 2 rings (SSSR count). The van der Waals surface area contributed by atoms with Gasteiger partial charge >= 0.3 is 0 Å². The Labute approximate surface area is 101 Å². The summed E-state index contributed by atoms with van der Waals surface area (Å²) in [7, 11) is 0. The predicted octanol–water partition coefficient (Wildman–Crippen LogP) is 3.98. The van der Waals surface area contributed by atoms with E-state index in [9.17, 15) is 0 Å². The van der Waals surface area contributed by atoms with E-state index in [0.717, 1.165) is 29.8 Å². The van der Waals surface area contributed by atoms with Crippen molar-refractivity contribution >= 4 is 0 Å². The van der Waals surface area contributed by atoms with E-state index in [-0.39, 0.29) is 0 Å². The van der Waals surface area contributed by atoms with Gasteiger partial charge in [0.05, 0.1) is 0 Å². The maximum atomic E-state index is 3.92. The molecule has 1 heteroatoms. The molecular formula is C15H29N. The van der Waals surface area contributed by atoms with Gasteiger partial charge in [0.15, 0.2) is 0 Å². The van der Waals surface area contributed by atoms with Crippen LogP contribution in [0.15, 0.2) is 0 Å². The molecule has 0 amide bonds. The van der Waals surface area contributed by atoms with Crippen molar-refractivity contribution in [1.82, 2.24) is 5.32 Å². The highest BCUT2D eigenvalue weighted by molar-refractivity contribution is 4.89. The molecule has 2 saturated carbocycles. The second kappa shape index (κ2) is 5.53. The number of nitrogens with one attached hydrogen (secondary N) is 1. The molecule has 2 aliphatic carbocycles. The van der Waals surface area contributed by atoms with Gasteiger partial charge in [-0.15, -0.1) is 0 Å². The molecule has 0 aliphatic heterocycles. The van der Waals surface area contributed by atoms with Gasteiger partial charge < -0.3 is 5.32 Å². The van der Waals surface area contributed by atoms with Crippen molar-refractivity contribution < 1.29 is 0 Å². The van der Waals surface area contributed by atoms with E-state index < -0.39 is 0 Å². The van der Waals surface area contributed by atoms with Crippen LogP contribution < -0.4 is 5.32 Å². The molecule has 2 fully saturated rings. The van der Waals surface area contributed by atoms with E-state index in [1.165, 1.54) is 44.9 Å². The van der Waals surface area contributed by atoms with Crippen molar-refractivity contribution in [3.8, 4) is 0 Å². The molecule has 16 heavy (non-hydrogen) atoms. The summed E-state index contributed by atoms with van der Waals surface area (Å²) in [6.45, 7) is 7.02. The summed E-state index contributed by atoms with van der Waals surface area (Å²) >= 11 is 0. The van der Waals surface area contributed by atoms with Crippen LogP contribution in [0.4, 0.5) is 0 Å². The van der Waals surface area contributed by atoms with Crippen molar-refractivity contribution in [3.63, 3.8) is 0 Å². The van der Waals surface area contributed by atoms with Gasteiger partial charge in [-0.2, -0.15) is 0 Å². The summed E-state index contributed by atoms with van der Waals surface area (Å²) in [5, 5.41) is 3.92. The van der Waals surface area contributed by atoms with Gasteiger partial charge in [0.1, 0.15) is 0 Å². The minimum atomic E-state index is 0.739. The van der Waals surface area contributed by atoms with Gasteiger partial charge in [0.25, 0.3) is 0 Å². The third kappa shape index (κ3) is 3.23. The zero-order valence-electron chi connectivity index (χ0n) is 11.3. The van der Waals surface area contributed by atoms with Gasteiger partial charge in [-0.05, 0) is 49.9 Å². The minimum absolute atomic E-state index is 0.739. The summed E-state index contributed by atoms with van der Waals surface area (Å²) in [6.07, 6.45) is 10.2. The highest BCUT2D eigenvalue weighted by Crippen LogP contribution is 2.44. The van der Waals surface area contributed by atoms with Gasteiger partial charge in [-0.1, -0.05) is 33.6 Å². The minimum Gasteiger partial charge on any atom is -0.311 e. The Kier molecular flexibility index (Phi) is 4.29. The third-order valence-corrected chi connectivity index (χ3v) is 4.70. The number of hydrogen-bond acceptors (Lipinski definition) is 1. The smallest absolute Gasteiger partial charge is 0.00900 e. The molecule has 94 valence electrons. The molecule has 0 radical (unpaired) electrons. The Balaban J connectivity index is 1.79. The van der Waals surface area contributed by atoms with Crippen LogP contribution in [0, 0.1) is 17.8 Å². The summed E-state index contributed by atoms with van der Waals surface area (Å²) < 4.78 is 0. The molecule has 0 saturated heterocycles. The van der Waals surface area contributed by atoms with Gasteiger partial charge in [0.2, 0.25) is 0 Å². The lowest BCUT2D eigenvalue weighted by atomic mass is 9.82. The van der Waals surface area contributed by atoms with Crippen molar-refractivity contribution in [2.75, 3.05) is 0 Å². The van der Waals surface area contributed by atoms with Crippen LogP contribution in [-0.4, -0.2) is 12.1 Å². The van der Waals surface area contributed by atoms with E-state index in [4.69, 9.17) is 0 Å². The Bertz CT molecular complexity index is 207. The van der Waals surface area contributed by atoms with E-state index in [0.29, 0.717) is 0 Å². The molecule has 0 heterocycles. The topological polar surface area (TPSA) is 12.0 Å². The van der Waals surface area contributed by atoms with Crippen LogP contribution in [0.5, 0.6) is 0 Å². The summed E-state index contributed by atoms with van der Waals surface area (Å²) in [5.74, 6) is 2.96. The van der Waals surface area contributed by atoms with E-state index in [2.05, 4.69) is 26.1 Å². The first-order valence-corrected chi connectivity index (χ1v) is 7.46. The highest BCUT2D eigenvalue weighted by atomic mass is 15.0. The van der Waals surface area contributed by atoms with E-state index >= 15 is 0 Å². The van der Waals surface area contributed by atoms with Crippen LogP contribution in [0.3, 0.4) is 0 Å². The highest BCUT2D eigenvalue weighted by Gasteiger charge is 2.35. The Hall–Kier alpha value is -0.0400. The third-order valence-electron chi connectivity index (χ3n) is 4.70. The Morgan fingerprint density at radius 1 is 1.06 bits per heavy atom. The van der Waals surface area contributed by atoms with Crippen molar-refractivity contribution in [1.29, 1.82) is 0 Å². The zero-order chi connectivity index (χ0) is 11.5. The average Bonchev–Trinajstić information content (AvgIpc) is 3.09. The van der Waals surface area contributed by atoms with E-state index in [1.54, 1.807) is 0 Å². The maximum absolute atomic E-state index is 3.92. The molecule has 2 aliphatic rings. The Morgan fingerprint density at radius 3 is 2.38 bits per heavy atom. The SMILES string of the molecule is CCC(NC1CCCC(C2CC2)C1)C(C)C. The first-order valence-electron chi connectivity index (χ1n) is 7.46. The molecule has 0 spiro atoms. The summed E-state index contributed by atoms with van der Waals surface area (Å²) in [5.41, 5.74) is 0. The number of hydrogen-bond donors (Lipinski definition) is 1. The monoisotopic (exact) mass is 223 g/mol. The van der Waals surface area contributed by atoms with E-state index in [1.807, 2.05) is 0 Å². The maximum Gasteiger partial charge on any atom is 0.00900 e. The second-order valence-electron chi connectivity index (χ2n) is 6.39. The summed E-state index contributed by atoms with van der Waals surface area (Å²) in [6, 6.07) is 1.56. The van der Waals surface area contributed by atoms with Crippen LogP contribution in [0.25, 0.3) is 0 Å². The zero-order valence-corrected chi connectivity index (χ0v) is 11.3. The van der Waals surface area contributed by atoms with Crippen molar-refractivity contribution in [3.05, 3.63) is 0 Å². The fourth-order valence-electron chi connectivity index (χ4n) is 3.46. The normalized spacial score (nSPS) is 33.0. The largest absolute Gasteiger partial charge is 0.311 e. The molecule has 3 atom stereocenters. The molecule has 1 N–H and O–H groups in total. The first-order chi connectivity index (χ1) is 7.70. The Morgan fingerprint density at radius 2 is 1.81 bits per heavy atom. The lowest BCUT2D eigenvalue weighted by Crippen LogP contribution is -2.43. The quantitative estimate of drug-likeness (QED) is 0.743. The van der Waals surface area contributed by atoms with Gasteiger partial charge in [-0.25, -0.2) is 0 Å². The molecule has 0 aromatic rings. The van der Waals surface area contributed by atoms with Gasteiger partial charge in [-0.3, -0.25) is 0 Å². The van der Waals surface area contributed by atoms with Crippen molar-refractivity contribution in [2.24, 2.45) is 17.8 Å².